The largest absolute Gasteiger partial charge is 0.361 e. The first-order chi connectivity index (χ1) is 11.9. The van der Waals surface area contributed by atoms with Crippen LogP contribution in [0.2, 0.25) is 0 Å². The number of carbonyl (C=O) groups is 1. The van der Waals surface area contributed by atoms with Crippen molar-refractivity contribution >= 4 is 5.91 Å². The number of hydrogen-bond donors (Lipinski definition) is 1. The van der Waals surface area contributed by atoms with Crippen molar-refractivity contribution in [2.45, 2.75) is 77.3 Å². The van der Waals surface area contributed by atoms with E-state index in [1.165, 1.54) is 25.7 Å². The smallest absolute Gasteiger partial charge is 0.230 e. The minimum atomic E-state index is -0.710. The molecule has 7 heteroatoms. The maximum Gasteiger partial charge on any atom is 0.230 e. The predicted octanol–water partition coefficient (Wildman–Crippen LogP) is 2.69. The Morgan fingerprint density at radius 3 is 2.52 bits per heavy atom. The molecular formula is C18H25N5O2. The Balaban J connectivity index is 1.51. The summed E-state index contributed by atoms with van der Waals surface area (Å²) in [5, 5.41) is 15.8. The predicted molar refractivity (Wildman–Crippen MR) is 91.1 cm³/mol. The Labute approximate surface area is 147 Å². The maximum absolute atomic E-state index is 12.9. The zero-order valence-electron chi connectivity index (χ0n) is 15.3. The van der Waals surface area contributed by atoms with Gasteiger partial charge in [0.05, 0.1) is 17.7 Å². The number of carbonyl (C=O) groups excluding carboxylic acids is 1. The van der Waals surface area contributed by atoms with Crippen molar-refractivity contribution in [1.82, 2.24) is 25.2 Å². The summed E-state index contributed by atoms with van der Waals surface area (Å²) in [6.07, 6.45) is 4.78. The lowest BCUT2D eigenvalue weighted by Gasteiger charge is -2.23. The molecule has 2 aliphatic rings. The molecule has 2 saturated carbocycles. The monoisotopic (exact) mass is 343 g/mol. The summed E-state index contributed by atoms with van der Waals surface area (Å²) in [6.45, 7) is 7.91. The third-order valence-electron chi connectivity index (χ3n) is 5.28. The normalized spacial score (nSPS) is 17.8. The molecule has 0 aliphatic heterocycles. The van der Waals surface area contributed by atoms with Crippen molar-refractivity contribution < 1.29 is 9.32 Å². The van der Waals surface area contributed by atoms with E-state index in [1.54, 1.807) is 0 Å². The molecule has 2 aromatic rings. The Hall–Kier alpha value is -2.18. The molecule has 1 amide bonds. The molecule has 2 aliphatic carbocycles. The molecule has 2 aromatic heterocycles. The van der Waals surface area contributed by atoms with E-state index in [0.29, 0.717) is 24.3 Å². The third-order valence-corrected chi connectivity index (χ3v) is 5.28. The van der Waals surface area contributed by atoms with Crippen LogP contribution in [0.25, 0.3) is 0 Å². The lowest BCUT2D eigenvalue weighted by atomic mass is 9.82. The van der Waals surface area contributed by atoms with E-state index < -0.39 is 5.41 Å². The lowest BCUT2D eigenvalue weighted by Crippen LogP contribution is -2.40. The number of nitrogens with zero attached hydrogens (tertiary/aromatic N) is 4. The van der Waals surface area contributed by atoms with Crippen molar-refractivity contribution in [3.63, 3.8) is 0 Å². The highest BCUT2D eigenvalue weighted by Crippen LogP contribution is 2.44. The molecule has 134 valence electrons. The van der Waals surface area contributed by atoms with Crippen LogP contribution in [0, 0.1) is 13.8 Å². The van der Waals surface area contributed by atoms with Crippen molar-refractivity contribution in [2.75, 3.05) is 0 Å². The van der Waals surface area contributed by atoms with Crippen LogP contribution in [-0.4, -0.2) is 25.8 Å². The first kappa shape index (κ1) is 16.3. The highest BCUT2D eigenvalue weighted by atomic mass is 16.5. The second kappa shape index (κ2) is 5.68. The third kappa shape index (κ3) is 2.85. The Kier molecular flexibility index (Phi) is 3.70. The van der Waals surface area contributed by atoms with Gasteiger partial charge in [0.25, 0.3) is 0 Å². The number of aromatic nitrogens is 4. The molecule has 0 spiro atoms. The van der Waals surface area contributed by atoms with Gasteiger partial charge in [0.15, 0.2) is 5.82 Å². The van der Waals surface area contributed by atoms with Crippen LogP contribution in [0.5, 0.6) is 0 Å². The number of amides is 1. The molecular weight excluding hydrogens is 318 g/mol. The first-order valence-electron chi connectivity index (χ1n) is 9.05. The van der Waals surface area contributed by atoms with Crippen molar-refractivity contribution in [3.05, 3.63) is 28.7 Å². The van der Waals surface area contributed by atoms with E-state index >= 15 is 0 Å². The van der Waals surface area contributed by atoms with Crippen LogP contribution < -0.4 is 5.32 Å². The van der Waals surface area contributed by atoms with Gasteiger partial charge in [-0.05, 0) is 53.4 Å². The molecule has 0 atom stereocenters. The summed E-state index contributed by atoms with van der Waals surface area (Å²) < 4.78 is 7.50. The van der Waals surface area contributed by atoms with E-state index in [1.807, 2.05) is 27.7 Å². The second-order valence-electron chi connectivity index (χ2n) is 7.86. The summed E-state index contributed by atoms with van der Waals surface area (Å²) in [5.41, 5.74) is 0.903. The molecule has 1 N–H and O–H groups in total. The molecule has 25 heavy (non-hydrogen) atoms. The van der Waals surface area contributed by atoms with Crippen LogP contribution in [0.1, 0.15) is 80.2 Å². The van der Waals surface area contributed by atoms with Gasteiger partial charge in [-0.3, -0.25) is 4.79 Å². The zero-order chi connectivity index (χ0) is 17.8. The number of nitrogens with one attached hydrogen (secondary N) is 1. The van der Waals surface area contributed by atoms with Gasteiger partial charge in [0.1, 0.15) is 11.6 Å². The van der Waals surface area contributed by atoms with Crippen molar-refractivity contribution in [3.8, 4) is 0 Å². The first-order valence-corrected chi connectivity index (χ1v) is 9.05. The molecule has 2 fully saturated rings. The number of rotatable bonds is 6. The maximum atomic E-state index is 12.9. The quantitative estimate of drug-likeness (QED) is 0.871. The molecule has 0 saturated heterocycles. The molecule has 0 bridgehead atoms. The molecule has 2 heterocycles. The fraction of sp³-hybridized carbons (Fsp3) is 0.667. The fourth-order valence-corrected chi connectivity index (χ4v) is 3.68. The standard InChI is InChI=1S/C18H25N5O2/c1-10-15(11(2)25-22-10)18(3,4)17(24)19-9-14-20-21-16(12-5-6-12)23(14)13-7-8-13/h12-13H,5-9H2,1-4H3,(H,19,24). The van der Waals surface area contributed by atoms with Crippen LogP contribution in [-0.2, 0) is 16.8 Å². The van der Waals surface area contributed by atoms with Gasteiger partial charge in [0, 0.05) is 17.5 Å². The molecule has 0 aromatic carbocycles. The highest BCUT2D eigenvalue weighted by molar-refractivity contribution is 5.87. The summed E-state index contributed by atoms with van der Waals surface area (Å²) in [4.78, 5) is 12.9. The van der Waals surface area contributed by atoms with E-state index in [-0.39, 0.29) is 5.91 Å². The Morgan fingerprint density at radius 1 is 1.24 bits per heavy atom. The van der Waals surface area contributed by atoms with Gasteiger partial charge in [0.2, 0.25) is 5.91 Å². The van der Waals surface area contributed by atoms with Gasteiger partial charge in [-0.25, -0.2) is 0 Å². The van der Waals surface area contributed by atoms with Crippen LogP contribution in [0.3, 0.4) is 0 Å². The van der Waals surface area contributed by atoms with Crippen LogP contribution in [0.15, 0.2) is 4.52 Å². The highest BCUT2D eigenvalue weighted by Gasteiger charge is 2.38. The Morgan fingerprint density at radius 2 is 1.96 bits per heavy atom. The van der Waals surface area contributed by atoms with Gasteiger partial charge >= 0.3 is 0 Å². The zero-order valence-corrected chi connectivity index (χ0v) is 15.3. The number of aryl methyl sites for hydroxylation is 2. The fourth-order valence-electron chi connectivity index (χ4n) is 3.68. The van der Waals surface area contributed by atoms with Crippen molar-refractivity contribution in [2.24, 2.45) is 0 Å². The average Bonchev–Trinajstić information content (AvgIpc) is 3.49. The van der Waals surface area contributed by atoms with E-state index in [2.05, 4.69) is 25.2 Å². The summed E-state index contributed by atoms with van der Waals surface area (Å²) in [6, 6.07) is 0.521. The second-order valence-corrected chi connectivity index (χ2v) is 7.86. The molecule has 7 nitrogen and oxygen atoms in total. The van der Waals surface area contributed by atoms with Gasteiger partial charge < -0.3 is 14.4 Å². The molecule has 4 rings (SSSR count). The Bertz CT molecular complexity index is 792. The van der Waals surface area contributed by atoms with Crippen LogP contribution in [0.4, 0.5) is 0 Å². The minimum absolute atomic E-state index is 0.0554. The van der Waals surface area contributed by atoms with E-state index in [9.17, 15) is 4.79 Å². The summed E-state index contributed by atoms with van der Waals surface area (Å²) in [7, 11) is 0. The van der Waals surface area contributed by atoms with Crippen LogP contribution >= 0.6 is 0 Å². The minimum Gasteiger partial charge on any atom is -0.361 e. The topological polar surface area (TPSA) is 85.8 Å². The SMILES string of the molecule is Cc1noc(C)c1C(C)(C)C(=O)NCc1nnc(C2CC2)n1C1CC1. The summed E-state index contributed by atoms with van der Waals surface area (Å²) in [5.74, 6) is 3.18. The molecule has 0 radical (unpaired) electrons. The number of hydrogen-bond acceptors (Lipinski definition) is 5. The molecule has 0 unspecified atom stereocenters. The van der Waals surface area contributed by atoms with Gasteiger partial charge in [-0.15, -0.1) is 10.2 Å². The van der Waals surface area contributed by atoms with E-state index in [0.717, 1.165) is 22.9 Å². The average molecular weight is 343 g/mol. The summed E-state index contributed by atoms with van der Waals surface area (Å²) >= 11 is 0. The van der Waals surface area contributed by atoms with Gasteiger partial charge in [-0.1, -0.05) is 5.16 Å². The van der Waals surface area contributed by atoms with Gasteiger partial charge in [-0.2, -0.15) is 0 Å². The van der Waals surface area contributed by atoms with E-state index in [4.69, 9.17) is 4.52 Å². The lowest BCUT2D eigenvalue weighted by molar-refractivity contribution is -0.125. The van der Waals surface area contributed by atoms with Crippen molar-refractivity contribution in [1.29, 1.82) is 0 Å².